The standard InChI is InChI=1S/C14H22O4/c1-8(17-13(16)7-15)18-14-11-3-9-2-10(5-11)6-12(14)4-9/h8-12,14-15H,2-7H2,1H3. The van der Waals surface area contributed by atoms with Gasteiger partial charge in [0.05, 0.1) is 6.10 Å². The van der Waals surface area contributed by atoms with Crippen LogP contribution in [-0.4, -0.2) is 30.1 Å². The fourth-order valence-corrected chi connectivity index (χ4v) is 4.57. The molecule has 4 saturated carbocycles. The van der Waals surface area contributed by atoms with Crippen LogP contribution in [0.15, 0.2) is 0 Å². The van der Waals surface area contributed by atoms with Crippen molar-refractivity contribution in [3.05, 3.63) is 0 Å². The number of carbonyl (C=O) groups excluding carboxylic acids is 1. The van der Waals surface area contributed by atoms with E-state index >= 15 is 0 Å². The molecule has 1 N–H and O–H groups in total. The van der Waals surface area contributed by atoms with Crippen LogP contribution in [0.4, 0.5) is 0 Å². The first-order chi connectivity index (χ1) is 8.65. The Morgan fingerprint density at radius 1 is 1.17 bits per heavy atom. The summed E-state index contributed by atoms with van der Waals surface area (Å²) in [6, 6.07) is 0. The minimum absolute atomic E-state index is 0.263. The molecule has 0 aromatic carbocycles. The first kappa shape index (κ1) is 12.4. The van der Waals surface area contributed by atoms with E-state index in [0.717, 1.165) is 11.8 Å². The Morgan fingerprint density at radius 2 is 1.72 bits per heavy atom. The molecule has 1 atom stereocenters. The average molecular weight is 254 g/mol. The molecule has 0 saturated heterocycles. The van der Waals surface area contributed by atoms with Crippen molar-refractivity contribution in [3.8, 4) is 0 Å². The molecular weight excluding hydrogens is 232 g/mol. The minimum atomic E-state index is -0.605. The number of carbonyl (C=O) groups is 1. The smallest absolute Gasteiger partial charge is 0.334 e. The van der Waals surface area contributed by atoms with Crippen molar-refractivity contribution in [2.24, 2.45) is 23.7 Å². The molecule has 4 rings (SSSR count). The van der Waals surface area contributed by atoms with Crippen molar-refractivity contribution in [1.29, 1.82) is 0 Å². The first-order valence-corrected chi connectivity index (χ1v) is 7.11. The minimum Gasteiger partial charge on any atom is -0.434 e. The van der Waals surface area contributed by atoms with Crippen LogP contribution in [0.3, 0.4) is 0 Å². The fraction of sp³-hybridized carbons (Fsp3) is 0.929. The third-order valence-electron chi connectivity index (χ3n) is 4.92. The van der Waals surface area contributed by atoms with Crippen LogP contribution in [-0.2, 0) is 14.3 Å². The zero-order chi connectivity index (χ0) is 12.7. The van der Waals surface area contributed by atoms with Gasteiger partial charge in [-0.25, -0.2) is 4.79 Å². The summed E-state index contributed by atoms with van der Waals surface area (Å²) in [7, 11) is 0. The van der Waals surface area contributed by atoms with Crippen molar-refractivity contribution in [2.75, 3.05) is 6.61 Å². The van der Waals surface area contributed by atoms with Gasteiger partial charge in [0.1, 0.15) is 6.61 Å². The maximum Gasteiger partial charge on any atom is 0.334 e. The lowest BCUT2D eigenvalue weighted by atomic mass is 9.55. The van der Waals surface area contributed by atoms with Gasteiger partial charge in [-0.2, -0.15) is 0 Å². The monoisotopic (exact) mass is 254 g/mol. The van der Waals surface area contributed by atoms with E-state index in [9.17, 15) is 4.79 Å². The molecule has 18 heavy (non-hydrogen) atoms. The lowest BCUT2D eigenvalue weighted by molar-refractivity contribution is -0.220. The van der Waals surface area contributed by atoms with E-state index in [2.05, 4.69) is 0 Å². The van der Waals surface area contributed by atoms with Gasteiger partial charge in [0.15, 0.2) is 0 Å². The van der Waals surface area contributed by atoms with Crippen molar-refractivity contribution in [3.63, 3.8) is 0 Å². The molecule has 4 bridgehead atoms. The van der Waals surface area contributed by atoms with Crippen molar-refractivity contribution in [2.45, 2.75) is 51.4 Å². The van der Waals surface area contributed by atoms with Crippen LogP contribution in [0.25, 0.3) is 0 Å². The number of ether oxygens (including phenoxy) is 2. The summed E-state index contributed by atoms with van der Waals surface area (Å²) in [5, 5.41) is 8.66. The normalized spacial score (nSPS) is 42.9. The van der Waals surface area contributed by atoms with Crippen molar-refractivity contribution in [1.82, 2.24) is 0 Å². The van der Waals surface area contributed by atoms with Gasteiger partial charge in [-0.05, 0) is 62.7 Å². The predicted octanol–water partition coefficient (Wildman–Crippen LogP) is 1.71. The molecule has 4 fully saturated rings. The van der Waals surface area contributed by atoms with Gasteiger partial charge in [-0.1, -0.05) is 0 Å². The number of hydrogen-bond acceptors (Lipinski definition) is 4. The largest absolute Gasteiger partial charge is 0.434 e. The lowest BCUT2D eigenvalue weighted by Gasteiger charge is -2.54. The molecular formula is C14H22O4. The highest BCUT2D eigenvalue weighted by atomic mass is 16.7. The van der Waals surface area contributed by atoms with E-state index < -0.39 is 18.9 Å². The summed E-state index contributed by atoms with van der Waals surface area (Å²) in [5.74, 6) is 2.56. The summed E-state index contributed by atoms with van der Waals surface area (Å²) < 4.78 is 10.9. The quantitative estimate of drug-likeness (QED) is 0.613. The maximum absolute atomic E-state index is 11.0. The van der Waals surface area contributed by atoms with Crippen LogP contribution in [0.1, 0.15) is 39.0 Å². The maximum atomic E-state index is 11.0. The summed E-state index contributed by atoms with van der Waals surface area (Å²) in [6.07, 6.45) is 6.31. The molecule has 0 aromatic heterocycles. The molecule has 0 heterocycles. The predicted molar refractivity (Wildman–Crippen MR) is 64.6 cm³/mol. The number of esters is 1. The molecule has 0 aromatic rings. The third kappa shape index (κ3) is 2.28. The SMILES string of the molecule is CC(OC(=O)CO)OC1C2CC3CC(C2)CC1C3. The van der Waals surface area contributed by atoms with E-state index in [1.165, 1.54) is 32.1 Å². The molecule has 0 amide bonds. The molecule has 0 spiro atoms. The Bertz CT molecular complexity index is 300. The van der Waals surface area contributed by atoms with Crippen LogP contribution in [0.5, 0.6) is 0 Å². The molecule has 4 heteroatoms. The molecule has 102 valence electrons. The summed E-state index contributed by atoms with van der Waals surface area (Å²) >= 11 is 0. The van der Waals surface area contributed by atoms with E-state index in [1.807, 2.05) is 0 Å². The Morgan fingerprint density at radius 3 is 2.22 bits per heavy atom. The summed E-state index contributed by atoms with van der Waals surface area (Å²) in [6.45, 7) is 1.17. The van der Waals surface area contributed by atoms with Gasteiger partial charge in [0.25, 0.3) is 0 Å². The Kier molecular flexibility index (Phi) is 3.32. The second kappa shape index (κ2) is 4.82. The topological polar surface area (TPSA) is 55.8 Å². The van der Waals surface area contributed by atoms with Gasteiger partial charge in [-0.3, -0.25) is 0 Å². The molecule has 4 nitrogen and oxygen atoms in total. The zero-order valence-electron chi connectivity index (χ0n) is 10.9. The molecule has 0 radical (unpaired) electrons. The molecule has 0 aliphatic heterocycles. The van der Waals surface area contributed by atoms with Gasteiger partial charge < -0.3 is 14.6 Å². The zero-order valence-corrected chi connectivity index (χ0v) is 10.9. The molecule has 4 aliphatic carbocycles. The van der Waals surface area contributed by atoms with E-state index in [4.69, 9.17) is 14.6 Å². The highest BCUT2D eigenvalue weighted by molar-refractivity contribution is 5.70. The van der Waals surface area contributed by atoms with Crippen LogP contribution in [0.2, 0.25) is 0 Å². The van der Waals surface area contributed by atoms with E-state index in [1.54, 1.807) is 6.92 Å². The van der Waals surface area contributed by atoms with Gasteiger partial charge in [-0.15, -0.1) is 0 Å². The number of aliphatic hydroxyl groups is 1. The highest BCUT2D eigenvalue weighted by Crippen LogP contribution is 2.54. The van der Waals surface area contributed by atoms with Crippen molar-refractivity contribution >= 4 is 5.97 Å². The summed E-state index contributed by atoms with van der Waals surface area (Å²) in [4.78, 5) is 11.0. The van der Waals surface area contributed by atoms with Crippen LogP contribution >= 0.6 is 0 Å². The third-order valence-corrected chi connectivity index (χ3v) is 4.92. The Balaban J connectivity index is 1.58. The fourth-order valence-electron chi connectivity index (χ4n) is 4.57. The van der Waals surface area contributed by atoms with Crippen LogP contribution in [0, 0.1) is 23.7 Å². The second-order valence-electron chi connectivity index (χ2n) is 6.25. The second-order valence-corrected chi connectivity index (χ2v) is 6.25. The molecule has 1 unspecified atom stereocenters. The van der Waals surface area contributed by atoms with Gasteiger partial charge in [0, 0.05) is 0 Å². The van der Waals surface area contributed by atoms with E-state index in [0.29, 0.717) is 11.8 Å². The number of rotatable bonds is 4. The Labute approximate surface area is 108 Å². The number of aliphatic hydroxyl groups excluding tert-OH is 1. The first-order valence-electron chi connectivity index (χ1n) is 7.11. The van der Waals surface area contributed by atoms with Gasteiger partial charge in [0.2, 0.25) is 6.29 Å². The highest BCUT2D eigenvalue weighted by Gasteiger charge is 2.49. The summed E-state index contributed by atoms with van der Waals surface area (Å²) in [5.41, 5.74) is 0. The van der Waals surface area contributed by atoms with Crippen molar-refractivity contribution < 1.29 is 19.4 Å². The average Bonchev–Trinajstić information content (AvgIpc) is 2.32. The van der Waals surface area contributed by atoms with Gasteiger partial charge >= 0.3 is 5.97 Å². The Hall–Kier alpha value is -0.610. The van der Waals surface area contributed by atoms with E-state index in [-0.39, 0.29) is 6.10 Å². The van der Waals surface area contributed by atoms with Crippen LogP contribution < -0.4 is 0 Å². The lowest BCUT2D eigenvalue weighted by Crippen LogP contribution is -2.50. The number of hydrogen-bond donors (Lipinski definition) is 1. The molecule has 4 aliphatic rings.